The van der Waals surface area contributed by atoms with Crippen LogP contribution in [0.3, 0.4) is 0 Å². The van der Waals surface area contributed by atoms with E-state index in [1.54, 1.807) is 36.4 Å². The highest BCUT2D eigenvalue weighted by atomic mass is 35.5. The Morgan fingerprint density at radius 1 is 0.741 bits per heavy atom. The van der Waals surface area contributed by atoms with Crippen LogP contribution in [0.25, 0.3) is 11.1 Å². The van der Waals surface area contributed by atoms with Gasteiger partial charge in [0.1, 0.15) is 5.92 Å². The highest BCUT2D eigenvalue weighted by molar-refractivity contribution is 6.35. The number of hydrogen-bond donors (Lipinski definition) is 0. The van der Waals surface area contributed by atoms with Crippen LogP contribution in [0.2, 0.25) is 5.02 Å². The van der Waals surface area contributed by atoms with E-state index in [-0.39, 0.29) is 12.2 Å². The Balaban J connectivity index is 1.64. The number of halogens is 1. The first kappa shape index (κ1) is 17.4. The van der Waals surface area contributed by atoms with Crippen LogP contribution in [-0.2, 0) is 11.2 Å². The fourth-order valence-corrected chi connectivity index (χ4v) is 3.64. The summed E-state index contributed by atoms with van der Waals surface area (Å²) in [6.07, 6.45) is 0.0228. The lowest BCUT2D eigenvalue weighted by atomic mass is 9.90. The summed E-state index contributed by atoms with van der Waals surface area (Å²) < 4.78 is 0. The fraction of sp³-hybridized carbons (Fsp3) is 0.0870. The van der Waals surface area contributed by atoms with Crippen molar-refractivity contribution in [3.05, 3.63) is 94.5 Å². The van der Waals surface area contributed by atoms with Crippen molar-refractivity contribution in [1.82, 2.24) is 0 Å². The summed E-state index contributed by atoms with van der Waals surface area (Å²) in [5.74, 6) is -2.41. The SMILES string of the molecule is O=C(Cc1ccccc1-c1ccc(Cl)cc1)C1C(=O)c2ccccc2C1=O. The molecule has 4 heteroatoms. The van der Waals surface area contributed by atoms with Crippen molar-refractivity contribution in [2.24, 2.45) is 5.92 Å². The Labute approximate surface area is 161 Å². The van der Waals surface area contributed by atoms with Crippen LogP contribution in [0.1, 0.15) is 26.3 Å². The van der Waals surface area contributed by atoms with Crippen molar-refractivity contribution in [2.75, 3.05) is 0 Å². The number of Topliss-reactive ketones (excluding diaryl/α,β-unsaturated/α-hetero) is 3. The van der Waals surface area contributed by atoms with Gasteiger partial charge in [0.15, 0.2) is 17.3 Å². The van der Waals surface area contributed by atoms with Gasteiger partial charge in [-0.05, 0) is 28.8 Å². The Hall–Kier alpha value is -3.04. The van der Waals surface area contributed by atoms with Gasteiger partial charge in [-0.1, -0.05) is 72.3 Å². The molecule has 0 unspecified atom stereocenters. The molecule has 27 heavy (non-hydrogen) atoms. The molecule has 0 N–H and O–H groups in total. The molecule has 0 bridgehead atoms. The van der Waals surface area contributed by atoms with Gasteiger partial charge in [-0.25, -0.2) is 0 Å². The van der Waals surface area contributed by atoms with Gasteiger partial charge in [-0.3, -0.25) is 14.4 Å². The molecule has 132 valence electrons. The molecule has 1 aliphatic rings. The molecule has 0 atom stereocenters. The minimum absolute atomic E-state index is 0.0228. The standard InChI is InChI=1S/C23H15ClO3/c24-16-11-9-14(10-12-16)17-6-2-1-5-15(17)13-20(25)21-22(26)18-7-3-4-8-19(18)23(21)27/h1-12,21H,13H2. The minimum Gasteiger partial charge on any atom is -0.298 e. The van der Waals surface area contributed by atoms with Crippen LogP contribution in [-0.4, -0.2) is 17.3 Å². The number of carbonyl (C=O) groups is 3. The lowest BCUT2D eigenvalue weighted by Crippen LogP contribution is -2.27. The van der Waals surface area contributed by atoms with Crippen LogP contribution in [0.5, 0.6) is 0 Å². The van der Waals surface area contributed by atoms with Crippen molar-refractivity contribution in [2.45, 2.75) is 6.42 Å². The van der Waals surface area contributed by atoms with Crippen molar-refractivity contribution in [1.29, 1.82) is 0 Å². The highest BCUT2D eigenvalue weighted by Gasteiger charge is 2.42. The first-order valence-corrected chi connectivity index (χ1v) is 8.98. The molecular weight excluding hydrogens is 360 g/mol. The predicted molar refractivity (Wildman–Crippen MR) is 104 cm³/mol. The summed E-state index contributed by atoms with van der Waals surface area (Å²) in [6, 6.07) is 21.4. The predicted octanol–water partition coefficient (Wildman–Crippen LogP) is 4.81. The molecular formula is C23H15ClO3. The van der Waals surface area contributed by atoms with Crippen molar-refractivity contribution < 1.29 is 14.4 Å². The smallest absolute Gasteiger partial charge is 0.181 e. The van der Waals surface area contributed by atoms with E-state index in [1.165, 1.54) is 0 Å². The Kier molecular flexibility index (Phi) is 4.46. The molecule has 0 saturated heterocycles. The van der Waals surface area contributed by atoms with Crippen LogP contribution in [0.4, 0.5) is 0 Å². The van der Waals surface area contributed by atoms with E-state index in [9.17, 15) is 14.4 Å². The molecule has 0 amide bonds. The number of carbonyl (C=O) groups excluding carboxylic acids is 3. The summed E-state index contributed by atoms with van der Waals surface area (Å²) in [4.78, 5) is 38.0. The molecule has 0 saturated carbocycles. The molecule has 0 aliphatic heterocycles. The van der Waals surface area contributed by atoms with E-state index in [0.717, 1.165) is 16.7 Å². The largest absolute Gasteiger partial charge is 0.298 e. The second-order valence-corrected chi connectivity index (χ2v) is 6.95. The maximum Gasteiger partial charge on any atom is 0.181 e. The maximum atomic E-state index is 12.9. The van der Waals surface area contributed by atoms with E-state index >= 15 is 0 Å². The number of benzene rings is 3. The van der Waals surface area contributed by atoms with Crippen molar-refractivity contribution >= 4 is 29.0 Å². The Bertz CT molecular complexity index is 1030. The molecule has 0 radical (unpaired) electrons. The lowest BCUT2D eigenvalue weighted by molar-refractivity contribution is -0.119. The van der Waals surface area contributed by atoms with Crippen LogP contribution < -0.4 is 0 Å². The second kappa shape index (κ2) is 6.93. The highest BCUT2D eigenvalue weighted by Crippen LogP contribution is 2.30. The monoisotopic (exact) mass is 374 g/mol. The Morgan fingerprint density at radius 2 is 1.26 bits per heavy atom. The third-order valence-corrected chi connectivity index (χ3v) is 5.09. The van der Waals surface area contributed by atoms with Crippen molar-refractivity contribution in [3.63, 3.8) is 0 Å². The Morgan fingerprint density at radius 3 is 1.85 bits per heavy atom. The van der Waals surface area contributed by atoms with Crippen LogP contribution >= 0.6 is 11.6 Å². The number of ketones is 3. The first-order valence-electron chi connectivity index (χ1n) is 8.60. The van der Waals surface area contributed by atoms with Gasteiger partial charge in [0, 0.05) is 22.6 Å². The van der Waals surface area contributed by atoms with Gasteiger partial charge < -0.3 is 0 Å². The van der Waals surface area contributed by atoms with Gasteiger partial charge >= 0.3 is 0 Å². The average Bonchev–Trinajstić information content (AvgIpc) is 2.94. The van der Waals surface area contributed by atoms with E-state index in [4.69, 9.17) is 11.6 Å². The molecule has 0 heterocycles. The fourth-order valence-electron chi connectivity index (χ4n) is 3.51. The number of hydrogen-bond acceptors (Lipinski definition) is 3. The molecule has 0 fully saturated rings. The zero-order valence-corrected chi connectivity index (χ0v) is 15.1. The zero-order chi connectivity index (χ0) is 19.0. The molecule has 3 aromatic rings. The molecule has 3 aromatic carbocycles. The van der Waals surface area contributed by atoms with Gasteiger partial charge in [0.05, 0.1) is 0 Å². The van der Waals surface area contributed by atoms with Gasteiger partial charge in [0.2, 0.25) is 0 Å². The van der Waals surface area contributed by atoms with Crippen LogP contribution in [0, 0.1) is 5.92 Å². The molecule has 0 spiro atoms. The molecule has 1 aliphatic carbocycles. The van der Waals surface area contributed by atoms with Crippen LogP contribution in [0.15, 0.2) is 72.8 Å². The summed E-state index contributed by atoms with van der Waals surface area (Å²) >= 11 is 5.96. The number of fused-ring (bicyclic) bond motifs is 1. The van der Waals surface area contributed by atoms with E-state index in [1.807, 2.05) is 36.4 Å². The molecule has 0 aromatic heterocycles. The average molecular weight is 375 g/mol. The van der Waals surface area contributed by atoms with E-state index < -0.39 is 17.5 Å². The summed E-state index contributed by atoms with van der Waals surface area (Å²) in [6.45, 7) is 0. The van der Waals surface area contributed by atoms with Gasteiger partial charge in [-0.15, -0.1) is 0 Å². The maximum absolute atomic E-state index is 12.9. The normalized spacial score (nSPS) is 13.7. The first-order chi connectivity index (χ1) is 13.1. The summed E-state index contributed by atoms with van der Waals surface area (Å²) in [7, 11) is 0. The van der Waals surface area contributed by atoms with Gasteiger partial charge in [-0.2, -0.15) is 0 Å². The molecule has 3 nitrogen and oxygen atoms in total. The van der Waals surface area contributed by atoms with Gasteiger partial charge in [0.25, 0.3) is 0 Å². The zero-order valence-electron chi connectivity index (χ0n) is 14.3. The topological polar surface area (TPSA) is 51.2 Å². The van der Waals surface area contributed by atoms with Crippen molar-refractivity contribution in [3.8, 4) is 11.1 Å². The third-order valence-electron chi connectivity index (χ3n) is 4.84. The quantitative estimate of drug-likeness (QED) is 0.615. The minimum atomic E-state index is -1.24. The van der Waals surface area contributed by atoms with E-state index in [2.05, 4.69) is 0 Å². The summed E-state index contributed by atoms with van der Waals surface area (Å²) in [5.41, 5.74) is 3.27. The third kappa shape index (κ3) is 3.11. The second-order valence-electron chi connectivity index (χ2n) is 6.51. The number of rotatable bonds is 4. The molecule has 4 rings (SSSR count). The van der Waals surface area contributed by atoms with E-state index in [0.29, 0.717) is 16.1 Å². The summed E-state index contributed by atoms with van der Waals surface area (Å²) in [5, 5.41) is 0.632. The lowest BCUT2D eigenvalue weighted by Gasteiger charge is -2.11.